The number of anilines is 1. The zero-order valence-electron chi connectivity index (χ0n) is 19.2. The molecule has 35 heavy (non-hydrogen) atoms. The maximum absolute atomic E-state index is 13.4. The molecule has 6 nitrogen and oxygen atoms in total. The SMILES string of the molecule is COc1ccc(S(=O)(=O)N(CCc2ccccc2)CC(=O)Nc2ccccc2C(F)(F)F)cc1C. The number of halogens is 3. The van der Waals surface area contributed by atoms with Gasteiger partial charge in [0.25, 0.3) is 0 Å². The van der Waals surface area contributed by atoms with Crippen LogP contribution in [-0.2, 0) is 27.4 Å². The van der Waals surface area contributed by atoms with Gasteiger partial charge in [0.1, 0.15) is 5.75 Å². The van der Waals surface area contributed by atoms with Gasteiger partial charge in [0.15, 0.2) is 0 Å². The second-order valence-electron chi connectivity index (χ2n) is 7.80. The van der Waals surface area contributed by atoms with Gasteiger partial charge in [0, 0.05) is 6.54 Å². The maximum atomic E-state index is 13.4. The minimum absolute atomic E-state index is 0.0487. The molecule has 0 aliphatic heterocycles. The first-order valence-electron chi connectivity index (χ1n) is 10.7. The van der Waals surface area contributed by atoms with Crippen molar-refractivity contribution in [3.05, 3.63) is 89.5 Å². The van der Waals surface area contributed by atoms with Crippen LogP contribution in [-0.4, -0.2) is 38.8 Å². The molecule has 0 saturated carbocycles. The van der Waals surface area contributed by atoms with Gasteiger partial charge in [-0.15, -0.1) is 0 Å². The standard InChI is InChI=1S/C25H25F3N2O4S/c1-18-16-20(12-13-23(18)34-2)35(32,33)30(15-14-19-8-4-3-5-9-19)17-24(31)29-22-11-7-6-10-21(22)25(26,27)28/h3-13,16H,14-15,17H2,1-2H3,(H,29,31). The van der Waals surface area contributed by atoms with Gasteiger partial charge in [-0.3, -0.25) is 4.79 Å². The Morgan fingerprint density at radius 1 is 1.00 bits per heavy atom. The molecule has 0 heterocycles. The summed E-state index contributed by atoms with van der Waals surface area (Å²) in [6, 6.07) is 17.9. The van der Waals surface area contributed by atoms with Crippen LogP contribution in [0.1, 0.15) is 16.7 Å². The number of para-hydroxylation sites is 1. The molecule has 0 aromatic heterocycles. The minimum atomic E-state index is -4.68. The van der Waals surface area contributed by atoms with Crippen molar-refractivity contribution < 1.29 is 31.1 Å². The largest absolute Gasteiger partial charge is 0.496 e. The quantitative estimate of drug-likeness (QED) is 0.448. The number of carbonyl (C=O) groups is 1. The van der Waals surface area contributed by atoms with Crippen LogP contribution in [0.2, 0.25) is 0 Å². The normalized spacial score (nSPS) is 11.9. The summed E-state index contributed by atoms with van der Waals surface area (Å²) in [5.41, 5.74) is -0.0231. The number of carbonyl (C=O) groups excluding carboxylic acids is 1. The fourth-order valence-electron chi connectivity index (χ4n) is 3.53. The van der Waals surface area contributed by atoms with Crippen molar-refractivity contribution >= 4 is 21.6 Å². The van der Waals surface area contributed by atoms with E-state index in [1.807, 2.05) is 30.3 Å². The fourth-order valence-corrected chi connectivity index (χ4v) is 5.02. The number of hydrogen-bond acceptors (Lipinski definition) is 4. The zero-order valence-corrected chi connectivity index (χ0v) is 20.0. The van der Waals surface area contributed by atoms with E-state index >= 15 is 0 Å². The summed E-state index contributed by atoms with van der Waals surface area (Å²) in [6.07, 6.45) is -4.37. The van der Waals surface area contributed by atoms with Gasteiger partial charge >= 0.3 is 6.18 Å². The van der Waals surface area contributed by atoms with Crippen LogP contribution in [0.25, 0.3) is 0 Å². The van der Waals surface area contributed by atoms with E-state index < -0.39 is 39.9 Å². The fraction of sp³-hybridized carbons (Fsp3) is 0.240. The summed E-state index contributed by atoms with van der Waals surface area (Å²) in [5.74, 6) is -0.384. The first kappa shape index (κ1) is 26.2. The summed E-state index contributed by atoms with van der Waals surface area (Å²) in [7, 11) is -2.69. The third kappa shape index (κ3) is 6.61. The molecule has 0 radical (unpaired) electrons. The summed E-state index contributed by atoms with van der Waals surface area (Å²) in [5, 5.41) is 2.21. The van der Waals surface area contributed by atoms with Gasteiger partial charge < -0.3 is 10.1 Å². The van der Waals surface area contributed by atoms with Gasteiger partial charge in [0.05, 0.1) is 29.8 Å². The molecule has 186 valence electrons. The predicted octanol–water partition coefficient (Wildman–Crippen LogP) is 4.89. The van der Waals surface area contributed by atoms with E-state index in [-0.39, 0.29) is 11.4 Å². The van der Waals surface area contributed by atoms with Gasteiger partial charge in [-0.1, -0.05) is 42.5 Å². The van der Waals surface area contributed by atoms with Crippen molar-refractivity contribution in [3.63, 3.8) is 0 Å². The first-order chi connectivity index (χ1) is 16.5. The van der Waals surface area contributed by atoms with Crippen molar-refractivity contribution in [2.45, 2.75) is 24.4 Å². The van der Waals surface area contributed by atoms with E-state index in [4.69, 9.17) is 4.74 Å². The van der Waals surface area contributed by atoms with Gasteiger partial charge in [-0.05, 0) is 54.8 Å². The second-order valence-corrected chi connectivity index (χ2v) is 9.74. The summed E-state index contributed by atoms with van der Waals surface area (Å²) in [4.78, 5) is 12.7. The number of nitrogens with zero attached hydrogens (tertiary/aromatic N) is 1. The lowest BCUT2D eigenvalue weighted by Crippen LogP contribution is -2.39. The number of ether oxygens (including phenoxy) is 1. The Morgan fingerprint density at radius 3 is 2.29 bits per heavy atom. The van der Waals surface area contributed by atoms with Crippen LogP contribution in [0.3, 0.4) is 0 Å². The predicted molar refractivity (Wildman–Crippen MR) is 127 cm³/mol. The molecule has 0 spiro atoms. The van der Waals surface area contributed by atoms with Crippen LogP contribution < -0.4 is 10.1 Å². The highest BCUT2D eigenvalue weighted by molar-refractivity contribution is 7.89. The van der Waals surface area contributed by atoms with E-state index in [9.17, 15) is 26.4 Å². The number of amides is 1. The number of aryl methyl sites for hydroxylation is 1. The van der Waals surface area contributed by atoms with Crippen LogP contribution in [0.15, 0.2) is 77.7 Å². The Balaban J connectivity index is 1.88. The summed E-state index contributed by atoms with van der Waals surface area (Å²) < 4.78 is 73.0. The molecule has 0 aliphatic rings. The van der Waals surface area contributed by atoms with Crippen molar-refractivity contribution in [1.82, 2.24) is 4.31 Å². The lowest BCUT2D eigenvalue weighted by atomic mass is 10.1. The second kappa shape index (κ2) is 10.9. The number of hydrogen-bond donors (Lipinski definition) is 1. The molecule has 1 N–H and O–H groups in total. The van der Waals surface area contributed by atoms with E-state index in [2.05, 4.69) is 5.32 Å². The van der Waals surface area contributed by atoms with Crippen LogP contribution in [0, 0.1) is 6.92 Å². The Kier molecular flexibility index (Phi) is 8.18. The highest BCUT2D eigenvalue weighted by Gasteiger charge is 2.34. The average Bonchev–Trinajstić information content (AvgIpc) is 2.82. The van der Waals surface area contributed by atoms with E-state index in [0.29, 0.717) is 17.7 Å². The Bertz CT molecular complexity index is 1280. The van der Waals surface area contributed by atoms with Crippen molar-refractivity contribution in [2.75, 3.05) is 25.5 Å². The van der Waals surface area contributed by atoms with E-state index in [1.54, 1.807) is 6.92 Å². The molecular formula is C25H25F3N2O4S. The molecule has 3 aromatic rings. The lowest BCUT2D eigenvalue weighted by Gasteiger charge is -2.23. The molecule has 0 bridgehead atoms. The molecule has 3 rings (SSSR count). The molecule has 0 aliphatic carbocycles. The molecule has 3 aromatic carbocycles. The topological polar surface area (TPSA) is 75.7 Å². The van der Waals surface area contributed by atoms with Crippen molar-refractivity contribution in [2.24, 2.45) is 0 Å². The average molecular weight is 507 g/mol. The Morgan fingerprint density at radius 2 is 1.66 bits per heavy atom. The van der Waals surface area contributed by atoms with Crippen molar-refractivity contribution in [3.8, 4) is 5.75 Å². The number of rotatable bonds is 9. The van der Waals surface area contributed by atoms with Gasteiger partial charge in [-0.2, -0.15) is 17.5 Å². The van der Waals surface area contributed by atoms with Gasteiger partial charge in [-0.25, -0.2) is 8.42 Å². The third-order valence-corrected chi connectivity index (χ3v) is 7.16. The number of alkyl halides is 3. The minimum Gasteiger partial charge on any atom is -0.496 e. The van der Waals surface area contributed by atoms with Crippen LogP contribution in [0.4, 0.5) is 18.9 Å². The molecule has 1 amide bonds. The number of methoxy groups -OCH3 is 1. The number of sulfonamides is 1. The summed E-state index contributed by atoms with van der Waals surface area (Å²) in [6.45, 7) is 0.977. The molecule has 10 heteroatoms. The van der Waals surface area contributed by atoms with Crippen molar-refractivity contribution in [1.29, 1.82) is 0 Å². The molecule has 0 saturated heterocycles. The first-order valence-corrected chi connectivity index (χ1v) is 12.1. The van der Waals surface area contributed by atoms with E-state index in [1.165, 1.54) is 37.4 Å². The number of nitrogens with one attached hydrogen (secondary N) is 1. The Hall–Kier alpha value is -3.37. The zero-order chi connectivity index (χ0) is 25.6. The molecule has 0 unspecified atom stereocenters. The van der Waals surface area contributed by atoms with Gasteiger partial charge in [0.2, 0.25) is 15.9 Å². The summed E-state index contributed by atoms with van der Waals surface area (Å²) >= 11 is 0. The molecule has 0 atom stereocenters. The lowest BCUT2D eigenvalue weighted by molar-refractivity contribution is -0.137. The number of benzene rings is 3. The van der Waals surface area contributed by atoms with Crippen LogP contribution >= 0.6 is 0 Å². The monoisotopic (exact) mass is 506 g/mol. The Labute approximate surface area is 202 Å². The maximum Gasteiger partial charge on any atom is 0.418 e. The highest BCUT2D eigenvalue weighted by Crippen LogP contribution is 2.34. The van der Waals surface area contributed by atoms with E-state index in [0.717, 1.165) is 22.0 Å². The third-order valence-electron chi connectivity index (χ3n) is 5.32. The highest BCUT2D eigenvalue weighted by atomic mass is 32.2. The smallest absolute Gasteiger partial charge is 0.418 e. The van der Waals surface area contributed by atoms with Crippen LogP contribution in [0.5, 0.6) is 5.75 Å². The molecule has 0 fully saturated rings. The molecular weight excluding hydrogens is 481 g/mol.